The van der Waals surface area contributed by atoms with Gasteiger partial charge >= 0.3 is 6.09 Å². The maximum atomic E-state index is 11.1. The molecule has 0 saturated heterocycles. The van der Waals surface area contributed by atoms with Crippen LogP contribution in [0.15, 0.2) is 26.2 Å². The van der Waals surface area contributed by atoms with E-state index < -0.39 is 6.09 Å². The van der Waals surface area contributed by atoms with Crippen molar-refractivity contribution in [2.45, 2.75) is 20.3 Å². The number of nitrogens with zero attached hydrogens (tertiary/aromatic N) is 1. The number of halogens is 2. The van der Waals surface area contributed by atoms with Crippen LogP contribution in [0.2, 0.25) is 0 Å². The predicted molar refractivity (Wildman–Crippen MR) is 85.4 cm³/mol. The highest BCUT2D eigenvalue weighted by Crippen LogP contribution is 2.32. The lowest BCUT2D eigenvalue weighted by molar-refractivity contribution is 0.152. The number of ether oxygens (including phenoxy) is 2. The van der Waals surface area contributed by atoms with Crippen molar-refractivity contribution in [1.29, 1.82) is 0 Å². The van der Waals surface area contributed by atoms with Gasteiger partial charge in [0, 0.05) is 10.0 Å². The van der Waals surface area contributed by atoms with Crippen LogP contribution >= 0.6 is 31.9 Å². The number of nitrogens with one attached hydrogen (secondary N) is 1. The quantitative estimate of drug-likeness (QED) is 0.570. The smallest absolute Gasteiger partial charge is 0.427 e. The molecule has 1 aromatic carbocycles. The predicted octanol–water partition coefficient (Wildman–Crippen LogP) is 4.08. The Labute approximate surface area is 135 Å². The number of carbonyl (C=O) groups excluding carboxylic acids is 1. The first kappa shape index (κ1) is 17.0. The van der Waals surface area contributed by atoms with Gasteiger partial charge in [0.25, 0.3) is 0 Å². The van der Waals surface area contributed by atoms with Crippen molar-refractivity contribution < 1.29 is 14.3 Å². The van der Waals surface area contributed by atoms with Gasteiger partial charge in [-0.25, -0.2) is 10.2 Å². The van der Waals surface area contributed by atoms with Crippen LogP contribution in [0.3, 0.4) is 0 Å². The van der Waals surface area contributed by atoms with Gasteiger partial charge in [-0.05, 0) is 41.4 Å². The van der Waals surface area contributed by atoms with Crippen LogP contribution in [0.5, 0.6) is 5.75 Å². The molecule has 0 radical (unpaired) electrons. The zero-order valence-electron chi connectivity index (χ0n) is 11.3. The van der Waals surface area contributed by atoms with Crippen molar-refractivity contribution in [3.63, 3.8) is 0 Å². The summed E-state index contributed by atoms with van der Waals surface area (Å²) in [7, 11) is 0. The lowest BCUT2D eigenvalue weighted by Crippen LogP contribution is -2.18. The summed E-state index contributed by atoms with van der Waals surface area (Å²) in [5.74, 6) is 0.685. The van der Waals surface area contributed by atoms with Gasteiger partial charge in [0.15, 0.2) is 0 Å². The molecular formula is C13H16Br2N2O3. The van der Waals surface area contributed by atoms with Crippen molar-refractivity contribution in [2.24, 2.45) is 5.10 Å². The Morgan fingerprint density at radius 2 is 2.15 bits per heavy atom. The first-order valence-electron chi connectivity index (χ1n) is 6.16. The number of benzene rings is 1. The molecule has 0 aliphatic heterocycles. The zero-order chi connectivity index (χ0) is 15.0. The van der Waals surface area contributed by atoms with Gasteiger partial charge in [-0.1, -0.05) is 22.9 Å². The molecule has 1 rings (SSSR count). The summed E-state index contributed by atoms with van der Waals surface area (Å²) in [6.45, 7) is 4.66. The Bertz CT molecular complexity index is 493. The molecule has 7 heteroatoms. The average molecular weight is 408 g/mol. The van der Waals surface area contributed by atoms with E-state index in [9.17, 15) is 4.79 Å². The van der Waals surface area contributed by atoms with Crippen LogP contribution < -0.4 is 10.2 Å². The van der Waals surface area contributed by atoms with Crippen LogP contribution in [-0.4, -0.2) is 25.5 Å². The van der Waals surface area contributed by atoms with Gasteiger partial charge in [0.05, 0.1) is 23.9 Å². The van der Waals surface area contributed by atoms with Crippen molar-refractivity contribution in [2.75, 3.05) is 13.2 Å². The monoisotopic (exact) mass is 406 g/mol. The second-order valence-electron chi connectivity index (χ2n) is 3.74. The minimum atomic E-state index is -0.589. The Morgan fingerprint density at radius 1 is 1.40 bits per heavy atom. The van der Waals surface area contributed by atoms with Crippen LogP contribution in [-0.2, 0) is 4.74 Å². The molecule has 0 aliphatic rings. The van der Waals surface area contributed by atoms with Crippen LogP contribution in [0, 0.1) is 0 Å². The van der Waals surface area contributed by atoms with E-state index >= 15 is 0 Å². The van der Waals surface area contributed by atoms with Gasteiger partial charge in [-0.2, -0.15) is 5.10 Å². The standard InChI is InChI=1S/C13H16Br2N2O3/c1-3-5-20-12-9(6-10(14)7-11(12)15)8-16-17-13(18)19-4-2/h6-8H,3-5H2,1-2H3,(H,17,18)/b16-8-. The molecule has 0 heterocycles. The molecule has 0 aromatic heterocycles. The van der Waals surface area contributed by atoms with E-state index in [4.69, 9.17) is 9.47 Å². The Morgan fingerprint density at radius 3 is 2.80 bits per heavy atom. The highest BCUT2D eigenvalue weighted by molar-refractivity contribution is 9.11. The van der Waals surface area contributed by atoms with Gasteiger partial charge in [-0.15, -0.1) is 0 Å². The molecule has 0 saturated carbocycles. The van der Waals surface area contributed by atoms with Gasteiger partial charge < -0.3 is 9.47 Å². The molecule has 110 valence electrons. The van der Waals surface area contributed by atoms with Crippen molar-refractivity contribution in [3.05, 3.63) is 26.6 Å². The maximum absolute atomic E-state index is 11.1. The third-order valence-electron chi connectivity index (χ3n) is 2.12. The molecule has 20 heavy (non-hydrogen) atoms. The van der Waals surface area contributed by atoms with Crippen LogP contribution in [0.1, 0.15) is 25.8 Å². The second kappa shape index (κ2) is 8.97. The number of hydrogen-bond donors (Lipinski definition) is 1. The topological polar surface area (TPSA) is 59.9 Å². The Balaban J connectivity index is 2.86. The fourth-order valence-corrected chi connectivity index (χ4v) is 2.72. The van der Waals surface area contributed by atoms with Crippen molar-refractivity contribution in [3.8, 4) is 5.75 Å². The van der Waals surface area contributed by atoms with Crippen LogP contribution in [0.25, 0.3) is 0 Å². The van der Waals surface area contributed by atoms with E-state index in [0.29, 0.717) is 19.0 Å². The fraction of sp³-hybridized carbons (Fsp3) is 0.385. The summed E-state index contributed by atoms with van der Waals surface area (Å²) in [6.07, 6.45) is 1.83. The Hall–Kier alpha value is -1.08. The van der Waals surface area contributed by atoms with Crippen molar-refractivity contribution >= 4 is 44.2 Å². The second-order valence-corrected chi connectivity index (χ2v) is 5.51. The minimum Gasteiger partial charge on any atom is -0.492 e. The summed E-state index contributed by atoms with van der Waals surface area (Å²) < 4.78 is 12.1. The molecular weight excluding hydrogens is 392 g/mol. The van der Waals surface area contributed by atoms with E-state index in [-0.39, 0.29) is 0 Å². The lowest BCUT2D eigenvalue weighted by atomic mass is 10.2. The van der Waals surface area contributed by atoms with E-state index in [2.05, 4.69) is 42.4 Å². The van der Waals surface area contributed by atoms with E-state index in [1.54, 1.807) is 6.92 Å². The Kier molecular flexibility index (Phi) is 7.61. The van der Waals surface area contributed by atoms with Crippen molar-refractivity contribution in [1.82, 2.24) is 5.43 Å². The summed E-state index contributed by atoms with van der Waals surface area (Å²) in [4.78, 5) is 11.1. The summed E-state index contributed by atoms with van der Waals surface area (Å²) in [5, 5.41) is 3.84. The summed E-state index contributed by atoms with van der Waals surface area (Å²) in [5.41, 5.74) is 3.02. The number of amides is 1. The van der Waals surface area contributed by atoms with E-state index in [1.807, 2.05) is 19.1 Å². The third-order valence-corrected chi connectivity index (χ3v) is 3.17. The highest BCUT2D eigenvalue weighted by atomic mass is 79.9. The molecule has 0 spiro atoms. The van der Waals surface area contributed by atoms with Gasteiger partial charge in [0.2, 0.25) is 0 Å². The average Bonchev–Trinajstić information content (AvgIpc) is 2.38. The zero-order valence-corrected chi connectivity index (χ0v) is 14.5. The largest absolute Gasteiger partial charge is 0.492 e. The molecule has 0 aliphatic carbocycles. The number of hydrazone groups is 1. The fourth-order valence-electron chi connectivity index (χ4n) is 1.35. The maximum Gasteiger partial charge on any atom is 0.427 e. The van der Waals surface area contributed by atoms with E-state index in [1.165, 1.54) is 6.21 Å². The number of rotatable bonds is 6. The lowest BCUT2D eigenvalue weighted by Gasteiger charge is -2.11. The summed E-state index contributed by atoms with van der Waals surface area (Å²) in [6, 6.07) is 3.74. The molecule has 0 fully saturated rings. The third kappa shape index (κ3) is 5.50. The number of carbonyl (C=O) groups is 1. The van der Waals surface area contributed by atoms with E-state index in [0.717, 1.165) is 20.9 Å². The molecule has 1 amide bonds. The first-order valence-corrected chi connectivity index (χ1v) is 7.74. The highest BCUT2D eigenvalue weighted by Gasteiger charge is 2.09. The first-order chi connectivity index (χ1) is 9.58. The molecule has 5 nitrogen and oxygen atoms in total. The molecule has 0 unspecified atom stereocenters. The molecule has 0 atom stereocenters. The molecule has 1 aromatic rings. The molecule has 1 N–H and O–H groups in total. The van der Waals surface area contributed by atoms with Crippen LogP contribution in [0.4, 0.5) is 4.79 Å². The van der Waals surface area contributed by atoms with Gasteiger partial charge in [-0.3, -0.25) is 0 Å². The molecule has 0 bridgehead atoms. The summed E-state index contributed by atoms with van der Waals surface area (Å²) >= 11 is 6.85. The normalized spacial score (nSPS) is 10.6. The minimum absolute atomic E-state index is 0.300. The number of hydrogen-bond acceptors (Lipinski definition) is 4. The van der Waals surface area contributed by atoms with Gasteiger partial charge in [0.1, 0.15) is 5.75 Å². The SMILES string of the molecule is CCCOc1c(Br)cc(Br)cc1/C=N\NC(=O)OCC.